The quantitative estimate of drug-likeness (QED) is 0.274. The van der Waals surface area contributed by atoms with Crippen molar-refractivity contribution in [2.45, 2.75) is 103 Å². The van der Waals surface area contributed by atoms with Gasteiger partial charge in [0.15, 0.2) is 0 Å². The Kier molecular flexibility index (Phi) is 8.84. The first-order valence-electron chi connectivity index (χ1n) is 12.0. The van der Waals surface area contributed by atoms with E-state index in [2.05, 4.69) is 72.9 Å². The van der Waals surface area contributed by atoms with E-state index >= 15 is 0 Å². The Morgan fingerprint density at radius 3 is 2.20 bits per heavy atom. The Labute approximate surface area is 186 Å². The van der Waals surface area contributed by atoms with Crippen LogP contribution in [0.4, 0.5) is 0 Å². The molecule has 0 fully saturated rings. The van der Waals surface area contributed by atoms with Gasteiger partial charge in [-0.2, -0.15) is 0 Å². The maximum atomic E-state index is 6.55. The summed E-state index contributed by atoms with van der Waals surface area (Å²) in [6.45, 7) is 21.2. The van der Waals surface area contributed by atoms with Crippen molar-refractivity contribution >= 4 is 8.07 Å². The molecule has 0 radical (unpaired) electrons. The number of methoxy groups -OCH3 is 1. The lowest BCUT2D eigenvalue weighted by molar-refractivity contribution is 0.384. The molecule has 0 saturated carbocycles. The molecule has 1 aromatic rings. The normalized spacial score (nSPS) is 18.3. The highest BCUT2D eigenvalue weighted by Crippen LogP contribution is 2.48. The lowest BCUT2D eigenvalue weighted by atomic mass is 9.84. The van der Waals surface area contributed by atoms with E-state index in [1.165, 1.54) is 31.2 Å². The monoisotopic (exact) mass is 428 g/mol. The molecule has 168 valence electrons. The van der Waals surface area contributed by atoms with Crippen LogP contribution in [0.25, 0.3) is 0 Å². The molecule has 1 heterocycles. The van der Waals surface area contributed by atoms with Gasteiger partial charge < -0.3 is 9.47 Å². The van der Waals surface area contributed by atoms with Gasteiger partial charge in [-0.1, -0.05) is 86.4 Å². The molecule has 0 bridgehead atoms. The molecule has 2 rings (SSSR count). The molecule has 3 heteroatoms. The van der Waals surface area contributed by atoms with Gasteiger partial charge in [-0.15, -0.1) is 0 Å². The third-order valence-corrected chi connectivity index (χ3v) is 14.0. The molecule has 1 unspecified atom stereocenters. The van der Waals surface area contributed by atoms with Crippen molar-refractivity contribution in [3.8, 4) is 11.5 Å². The largest absolute Gasteiger partial charge is 0.497 e. The average Bonchev–Trinajstić information content (AvgIpc) is 2.69. The van der Waals surface area contributed by atoms with Crippen LogP contribution in [0.2, 0.25) is 16.6 Å². The third-order valence-electron chi connectivity index (χ3n) is 7.28. The van der Waals surface area contributed by atoms with Crippen molar-refractivity contribution in [2.75, 3.05) is 7.11 Å². The number of unbranched alkanes of at least 4 members (excludes halogenated alkanes) is 3. The van der Waals surface area contributed by atoms with E-state index in [9.17, 15) is 0 Å². The minimum atomic E-state index is -1.74. The maximum Gasteiger partial charge on any atom is 0.131 e. The second-order valence-corrected chi connectivity index (χ2v) is 15.7. The van der Waals surface area contributed by atoms with Crippen LogP contribution in [0.3, 0.4) is 0 Å². The maximum absolute atomic E-state index is 6.55. The van der Waals surface area contributed by atoms with E-state index in [1.54, 1.807) is 7.11 Å². The molecule has 1 aliphatic heterocycles. The van der Waals surface area contributed by atoms with Crippen molar-refractivity contribution in [1.82, 2.24) is 0 Å². The molecule has 0 aromatic heterocycles. The second kappa shape index (κ2) is 10.7. The van der Waals surface area contributed by atoms with E-state index < -0.39 is 8.07 Å². The molecule has 0 saturated heterocycles. The zero-order chi connectivity index (χ0) is 22.5. The molecule has 30 heavy (non-hydrogen) atoms. The highest BCUT2D eigenvalue weighted by molar-refractivity contribution is 6.88. The van der Waals surface area contributed by atoms with Crippen molar-refractivity contribution in [3.63, 3.8) is 0 Å². The van der Waals surface area contributed by atoms with Gasteiger partial charge in [0.25, 0.3) is 0 Å². The lowest BCUT2D eigenvalue weighted by Crippen LogP contribution is -2.43. The Morgan fingerprint density at radius 2 is 1.67 bits per heavy atom. The van der Waals surface area contributed by atoms with Crippen LogP contribution < -0.4 is 9.47 Å². The van der Waals surface area contributed by atoms with Crippen LogP contribution in [0.15, 0.2) is 41.8 Å². The number of hydrogen-bond donors (Lipinski definition) is 0. The van der Waals surface area contributed by atoms with Crippen LogP contribution in [0.1, 0.15) is 92.1 Å². The summed E-state index contributed by atoms with van der Waals surface area (Å²) in [5, 5.41) is 0. The second-order valence-electron chi connectivity index (χ2n) is 9.91. The van der Waals surface area contributed by atoms with E-state index in [0.29, 0.717) is 22.5 Å². The summed E-state index contributed by atoms with van der Waals surface area (Å²) in [5.41, 5.74) is 6.91. The summed E-state index contributed by atoms with van der Waals surface area (Å²) in [6, 6.07) is 6.24. The predicted octanol–water partition coefficient (Wildman–Crippen LogP) is 8.80. The van der Waals surface area contributed by atoms with Crippen LogP contribution in [0.5, 0.6) is 11.5 Å². The average molecular weight is 429 g/mol. The number of allylic oxidation sites excluding steroid dienone is 1. The molecule has 0 N–H and O–H groups in total. The Balaban J connectivity index is 2.51. The van der Waals surface area contributed by atoms with E-state index in [0.717, 1.165) is 29.3 Å². The molecule has 0 aliphatic carbocycles. The zero-order valence-electron chi connectivity index (χ0n) is 20.7. The van der Waals surface area contributed by atoms with E-state index in [-0.39, 0.29) is 0 Å². The van der Waals surface area contributed by atoms with Crippen LogP contribution in [-0.2, 0) is 0 Å². The highest BCUT2D eigenvalue weighted by atomic mass is 28.3. The number of benzene rings is 1. The first-order valence-corrected chi connectivity index (χ1v) is 14.3. The van der Waals surface area contributed by atoms with E-state index in [1.807, 2.05) is 6.07 Å². The highest BCUT2D eigenvalue weighted by Gasteiger charge is 2.42. The number of ether oxygens (including phenoxy) is 2. The fourth-order valence-corrected chi connectivity index (χ4v) is 11.2. The van der Waals surface area contributed by atoms with Crippen LogP contribution in [0, 0.1) is 0 Å². The topological polar surface area (TPSA) is 18.5 Å². The van der Waals surface area contributed by atoms with Crippen molar-refractivity contribution in [1.29, 1.82) is 0 Å². The first kappa shape index (κ1) is 24.8. The lowest BCUT2D eigenvalue weighted by Gasteiger charge is -2.42. The van der Waals surface area contributed by atoms with Gasteiger partial charge in [-0.05, 0) is 46.8 Å². The minimum absolute atomic E-state index is 0.310. The summed E-state index contributed by atoms with van der Waals surface area (Å²) in [7, 11) is -0.0101. The third kappa shape index (κ3) is 5.04. The van der Waals surface area contributed by atoms with Crippen molar-refractivity contribution < 1.29 is 9.47 Å². The van der Waals surface area contributed by atoms with Crippen LogP contribution >= 0.6 is 0 Å². The molecule has 1 atom stereocenters. The van der Waals surface area contributed by atoms with Crippen LogP contribution in [-0.4, -0.2) is 15.2 Å². The van der Waals surface area contributed by atoms with Gasteiger partial charge in [-0.25, -0.2) is 0 Å². The molecule has 1 aromatic carbocycles. The van der Waals surface area contributed by atoms with Crippen molar-refractivity contribution in [2.24, 2.45) is 0 Å². The Morgan fingerprint density at radius 1 is 1.03 bits per heavy atom. The summed E-state index contributed by atoms with van der Waals surface area (Å²) in [5.74, 6) is 3.22. The molecule has 2 nitrogen and oxygen atoms in total. The van der Waals surface area contributed by atoms with Gasteiger partial charge in [0.1, 0.15) is 17.3 Å². The van der Waals surface area contributed by atoms with Gasteiger partial charge >= 0.3 is 0 Å². The van der Waals surface area contributed by atoms with Gasteiger partial charge in [0.05, 0.1) is 15.2 Å². The zero-order valence-corrected chi connectivity index (χ0v) is 21.7. The van der Waals surface area contributed by atoms with Crippen molar-refractivity contribution in [3.05, 3.63) is 47.4 Å². The summed E-state index contributed by atoms with van der Waals surface area (Å²) in [6.07, 6.45) is 6.19. The summed E-state index contributed by atoms with van der Waals surface area (Å²) >= 11 is 0. The number of rotatable bonds is 10. The minimum Gasteiger partial charge on any atom is -0.497 e. The van der Waals surface area contributed by atoms with Gasteiger partial charge in [-0.3, -0.25) is 0 Å². The summed E-state index contributed by atoms with van der Waals surface area (Å²) < 4.78 is 12.1. The fourth-order valence-electron chi connectivity index (χ4n) is 5.52. The number of hydrogen-bond acceptors (Lipinski definition) is 2. The fraction of sp³-hybridized carbons (Fsp3) is 0.630. The molecule has 0 amide bonds. The number of fused-ring (bicyclic) bond motifs is 1. The molecule has 1 aliphatic rings. The first-order chi connectivity index (χ1) is 14.2. The standard InChI is InChI=1S/C27H44O2Si/c1-10-11-12-13-14-24-22(8)27(18-30(19(2)3,20(4)5)21(6)7)29-26-16-15-23(28-9)17-25(24)26/h15-21,24H,8,10-14H2,1-7,9H3/b27-18-. The molecular formula is C27H44O2Si. The Bertz CT molecular complexity index is 723. The van der Waals surface area contributed by atoms with Gasteiger partial charge in [0.2, 0.25) is 0 Å². The van der Waals surface area contributed by atoms with Gasteiger partial charge in [0, 0.05) is 11.5 Å². The smallest absolute Gasteiger partial charge is 0.131 e. The SMILES string of the molecule is C=C1/C(=C/[Si](C(C)C)(C(C)C)C(C)C)Oc2ccc(OC)cc2C1CCCCCC. The molecular weight excluding hydrogens is 384 g/mol. The predicted molar refractivity (Wildman–Crippen MR) is 133 cm³/mol. The summed E-state index contributed by atoms with van der Waals surface area (Å²) in [4.78, 5) is 0. The Hall–Kier alpha value is -1.48. The van der Waals surface area contributed by atoms with E-state index in [4.69, 9.17) is 9.47 Å². The molecule has 0 spiro atoms.